The molecule has 0 saturated carbocycles. The van der Waals surface area contributed by atoms with Crippen LogP contribution in [0.1, 0.15) is 18.9 Å². The van der Waals surface area contributed by atoms with E-state index in [0.717, 1.165) is 18.4 Å². The Balaban J connectivity index is 2.01. The topological polar surface area (TPSA) is 12.9 Å². The molecule has 1 nitrogen and oxygen atoms in total. The second-order valence-electron chi connectivity index (χ2n) is 4.42. The molecular weight excluding hydrogens is 206 g/mol. The first-order valence-corrected chi connectivity index (χ1v) is 5.86. The highest BCUT2D eigenvalue weighted by Crippen LogP contribution is 2.19. The Hall–Kier alpha value is -1.89. The van der Waals surface area contributed by atoms with Gasteiger partial charge < -0.3 is 0 Å². The molecule has 0 amide bonds. The molecule has 0 aromatic carbocycles. The molecule has 1 aromatic rings. The van der Waals surface area contributed by atoms with Crippen LogP contribution in [0.3, 0.4) is 0 Å². The van der Waals surface area contributed by atoms with Gasteiger partial charge in [-0.1, -0.05) is 42.5 Å². The van der Waals surface area contributed by atoms with Gasteiger partial charge in [0.05, 0.1) is 0 Å². The molecular formula is C16H17N. The first-order valence-electron chi connectivity index (χ1n) is 5.86. The molecule has 0 unspecified atom stereocenters. The Labute approximate surface area is 103 Å². The van der Waals surface area contributed by atoms with E-state index in [2.05, 4.69) is 41.9 Å². The smallest absolute Gasteiger partial charge is 0.0303 e. The molecule has 1 heterocycles. The van der Waals surface area contributed by atoms with Crippen molar-refractivity contribution < 1.29 is 0 Å². The number of hydrogen-bond donors (Lipinski definition) is 0. The molecule has 0 radical (unpaired) electrons. The summed E-state index contributed by atoms with van der Waals surface area (Å²) in [5.41, 5.74) is 5.05. The normalized spacial score (nSPS) is 17.0. The van der Waals surface area contributed by atoms with E-state index in [0.29, 0.717) is 0 Å². The van der Waals surface area contributed by atoms with Crippen LogP contribution in [-0.2, 0) is 6.42 Å². The van der Waals surface area contributed by atoms with Gasteiger partial charge in [0.25, 0.3) is 0 Å². The van der Waals surface area contributed by atoms with Crippen LogP contribution in [0.25, 0.3) is 0 Å². The summed E-state index contributed by atoms with van der Waals surface area (Å²) in [6.45, 7) is 5.92. The Morgan fingerprint density at radius 3 is 2.94 bits per heavy atom. The Morgan fingerprint density at radius 1 is 1.47 bits per heavy atom. The average Bonchev–Trinajstić information content (AvgIpc) is 2.32. The summed E-state index contributed by atoms with van der Waals surface area (Å²) in [4.78, 5) is 4.13. The monoisotopic (exact) mass is 223 g/mol. The average molecular weight is 223 g/mol. The van der Waals surface area contributed by atoms with E-state index in [4.69, 9.17) is 0 Å². The van der Waals surface area contributed by atoms with Gasteiger partial charge in [0, 0.05) is 12.4 Å². The molecule has 0 spiro atoms. The lowest BCUT2D eigenvalue weighted by molar-refractivity contribution is 1.10. The molecule has 0 atom stereocenters. The summed E-state index contributed by atoms with van der Waals surface area (Å²) < 4.78 is 0. The highest BCUT2D eigenvalue weighted by Gasteiger charge is 2.02. The van der Waals surface area contributed by atoms with Gasteiger partial charge in [-0.2, -0.15) is 0 Å². The number of rotatable bonds is 3. The number of pyridine rings is 1. The number of allylic oxidation sites excluding steroid dienone is 7. The van der Waals surface area contributed by atoms with Crippen LogP contribution in [0.15, 0.2) is 72.1 Å². The van der Waals surface area contributed by atoms with Crippen molar-refractivity contribution in [2.24, 2.45) is 0 Å². The van der Waals surface area contributed by atoms with Crippen LogP contribution in [0, 0.1) is 0 Å². The van der Waals surface area contributed by atoms with Crippen molar-refractivity contribution in [3.63, 3.8) is 0 Å². The second kappa shape index (κ2) is 5.44. The molecule has 0 aliphatic heterocycles. The van der Waals surface area contributed by atoms with Gasteiger partial charge in [-0.05, 0) is 42.5 Å². The fraction of sp³-hybridized carbons (Fsp3) is 0.188. The molecule has 0 N–H and O–H groups in total. The summed E-state index contributed by atoms with van der Waals surface area (Å²) in [7, 11) is 0. The third-order valence-electron chi connectivity index (χ3n) is 2.67. The fourth-order valence-electron chi connectivity index (χ4n) is 1.89. The lowest BCUT2D eigenvalue weighted by Gasteiger charge is -2.09. The zero-order valence-corrected chi connectivity index (χ0v) is 10.2. The molecule has 1 aliphatic rings. The minimum atomic E-state index is 0.963. The van der Waals surface area contributed by atoms with Crippen molar-refractivity contribution in [3.8, 4) is 0 Å². The van der Waals surface area contributed by atoms with Crippen LogP contribution in [0.4, 0.5) is 0 Å². The molecule has 17 heavy (non-hydrogen) atoms. The van der Waals surface area contributed by atoms with Crippen molar-refractivity contribution in [3.05, 3.63) is 77.7 Å². The first kappa shape index (κ1) is 11.6. The second-order valence-corrected chi connectivity index (χ2v) is 4.42. The van der Waals surface area contributed by atoms with Crippen LogP contribution in [-0.4, -0.2) is 4.98 Å². The van der Waals surface area contributed by atoms with Gasteiger partial charge in [-0.15, -0.1) is 0 Å². The maximum Gasteiger partial charge on any atom is 0.0303 e. The van der Waals surface area contributed by atoms with Crippen molar-refractivity contribution in [2.75, 3.05) is 0 Å². The van der Waals surface area contributed by atoms with Crippen molar-refractivity contribution in [1.82, 2.24) is 4.98 Å². The summed E-state index contributed by atoms with van der Waals surface area (Å²) in [6.07, 6.45) is 14.5. The van der Waals surface area contributed by atoms with Gasteiger partial charge in [0.2, 0.25) is 0 Å². The largest absolute Gasteiger partial charge is 0.264 e. The molecule has 86 valence electrons. The maximum absolute atomic E-state index is 4.13. The quantitative estimate of drug-likeness (QED) is 0.754. The molecule has 0 bridgehead atoms. The van der Waals surface area contributed by atoms with Crippen molar-refractivity contribution >= 4 is 0 Å². The molecule has 1 aliphatic carbocycles. The van der Waals surface area contributed by atoms with Gasteiger partial charge in [-0.25, -0.2) is 0 Å². The molecule has 1 heteroatoms. The van der Waals surface area contributed by atoms with Crippen LogP contribution in [0.5, 0.6) is 0 Å². The SMILES string of the molecule is C=C(C)/C=C1/C=CC(Cc2cccnc2)=CC1. The third-order valence-corrected chi connectivity index (χ3v) is 2.67. The first-order chi connectivity index (χ1) is 8.24. The summed E-state index contributed by atoms with van der Waals surface area (Å²) in [5, 5.41) is 0. The van der Waals surface area contributed by atoms with Gasteiger partial charge in [0.1, 0.15) is 0 Å². The van der Waals surface area contributed by atoms with Crippen LogP contribution >= 0.6 is 0 Å². The third kappa shape index (κ3) is 3.56. The summed E-state index contributed by atoms with van der Waals surface area (Å²) >= 11 is 0. The predicted molar refractivity (Wildman–Crippen MR) is 72.7 cm³/mol. The Kier molecular flexibility index (Phi) is 3.71. The number of nitrogens with zero attached hydrogens (tertiary/aromatic N) is 1. The van der Waals surface area contributed by atoms with Crippen LogP contribution < -0.4 is 0 Å². The van der Waals surface area contributed by atoms with E-state index in [-0.39, 0.29) is 0 Å². The van der Waals surface area contributed by atoms with Gasteiger partial charge in [-0.3, -0.25) is 4.98 Å². The highest BCUT2D eigenvalue weighted by atomic mass is 14.6. The van der Waals surface area contributed by atoms with E-state index in [1.807, 2.05) is 25.4 Å². The number of aromatic nitrogens is 1. The van der Waals surface area contributed by atoms with Crippen molar-refractivity contribution in [1.29, 1.82) is 0 Å². The van der Waals surface area contributed by atoms with E-state index < -0.39 is 0 Å². The lowest BCUT2D eigenvalue weighted by Crippen LogP contribution is -1.93. The van der Waals surface area contributed by atoms with Crippen LogP contribution in [0.2, 0.25) is 0 Å². The molecule has 0 fully saturated rings. The molecule has 0 saturated heterocycles. The standard InChI is InChI=1S/C16H17N/c1-13(2)10-14-5-7-15(8-6-14)11-16-4-3-9-17-12-16/h3-5,7-10,12H,1,6,11H2,2H3/b14-10-. The zero-order valence-electron chi connectivity index (χ0n) is 10.2. The zero-order chi connectivity index (χ0) is 12.1. The molecule has 2 rings (SSSR count). The fourth-order valence-corrected chi connectivity index (χ4v) is 1.89. The summed E-state index contributed by atoms with van der Waals surface area (Å²) in [6, 6.07) is 4.09. The Morgan fingerprint density at radius 2 is 2.35 bits per heavy atom. The lowest BCUT2D eigenvalue weighted by atomic mass is 9.97. The number of hydrogen-bond acceptors (Lipinski definition) is 1. The molecule has 1 aromatic heterocycles. The van der Waals surface area contributed by atoms with E-state index in [9.17, 15) is 0 Å². The minimum Gasteiger partial charge on any atom is -0.264 e. The summed E-state index contributed by atoms with van der Waals surface area (Å²) in [5.74, 6) is 0. The van der Waals surface area contributed by atoms with E-state index >= 15 is 0 Å². The Bertz CT molecular complexity index is 490. The highest BCUT2D eigenvalue weighted by molar-refractivity contribution is 5.40. The van der Waals surface area contributed by atoms with E-state index in [1.165, 1.54) is 16.7 Å². The minimum absolute atomic E-state index is 0.963. The van der Waals surface area contributed by atoms with E-state index in [1.54, 1.807) is 0 Å². The van der Waals surface area contributed by atoms with Gasteiger partial charge in [0.15, 0.2) is 0 Å². The maximum atomic E-state index is 4.13. The van der Waals surface area contributed by atoms with Gasteiger partial charge >= 0.3 is 0 Å². The predicted octanol–water partition coefficient (Wildman–Crippen LogP) is 4.01. The van der Waals surface area contributed by atoms with Crippen molar-refractivity contribution in [2.45, 2.75) is 19.8 Å².